The summed E-state index contributed by atoms with van der Waals surface area (Å²) in [5, 5.41) is 28.8. The summed E-state index contributed by atoms with van der Waals surface area (Å²) in [5.41, 5.74) is 4.98. The summed E-state index contributed by atoms with van der Waals surface area (Å²) in [4.78, 5) is 75.6. The number of aliphatic carboxylic acids is 2. The number of carboxylic acid groups (broad SMARTS) is 2. The van der Waals surface area contributed by atoms with Crippen LogP contribution in [0.25, 0.3) is 5.69 Å². The van der Waals surface area contributed by atoms with Crippen molar-refractivity contribution in [2.24, 2.45) is 5.73 Å². The highest BCUT2D eigenvalue weighted by Gasteiger charge is 2.28. The Kier molecular flexibility index (Phi) is 11.4. The van der Waals surface area contributed by atoms with Crippen LogP contribution in [0.2, 0.25) is 0 Å². The molecule has 2 rings (SSSR count). The highest BCUT2D eigenvalue weighted by molar-refractivity contribution is 7.99. The lowest BCUT2D eigenvalue weighted by Gasteiger charge is -2.21. The number of tetrazole rings is 1. The molecule has 0 radical (unpaired) electrons. The average molecular weight is 555 g/mol. The number of nitrogens with two attached hydrogens (primary N) is 1. The second-order valence-electron chi connectivity index (χ2n) is 7.61. The molecule has 0 aromatic carbocycles. The number of carbonyl (C=O) groups excluding carboxylic acids is 3. The Bertz CT molecular complexity index is 1200. The maximum atomic E-state index is 13.0. The molecule has 2 aromatic heterocycles. The lowest BCUT2D eigenvalue weighted by atomic mass is 10.1. The van der Waals surface area contributed by atoms with Gasteiger partial charge >= 0.3 is 23.6 Å². The van der Waals surface area contributed by atoms with Crippen molar-refractivity contribution in [1.29, 1.82) is 0 Å². The minimum atomic E-state index is -1.33. The summed E-state index contributed by atoms with van der Waals surface area (Å²) in [7, 11) is 1.14. The van der Waals surface area contributed by atoms with Crippen molar-refractivity contribution in [2.45, 2.75) is 36.7 Å². The van der Waals surface area contributed by atoms with Gasteiger partial charge in [-0.3, -0.25) is 29.0 Å². The lowest BCUT2D eigenvalue weighted by Crippen LogP contribution is -2.49. The van der Waals surface area contributed by atoms with Crippen LogP contribution in [-0.4, -0.2) is 96.2 Å². The summed E-state index contributed by atoms with van der Waals surface area (Å²) in [6.07, 6.45) is 1.96. The molecular weight excluding hydrogens is 528 g/mol. The Morgan fingerprint density at radius 3 is 2.55 bits per heavy atom. The van der Waals surface area contributed by atoms with Crippen LogP contribution in [0, 0.1) is 0 Å². The van der Waals surface area contributed by atoms with Crippen molar-refractivity contribution in [3.8, 4) is 5.69 Å². The Labute approximate surface area is 218 Å². The van der Waals surface area contributed by atoms with Gasteiger partial charge in [0.15, 0.2) is 0 Å². The van der Waals surface area contributed by atoms with E-state index in [4.69, 9.17) is 15.9 Å². The van der Waals surface area contributed by atoms with E-state index < -0.39 is 59.4 Å². The molecule has 0 saturated carbocycles. The van der Waals surface area contributed by atoms with E-state index >= 15 is 0 Å². The van der Waals surface area contributed by atoms with E-state index in [0.717, 1.165) is 28.2 Å². The quantitative estimate of drug-likeness (QED) is 0.143. The van der Waals surface area contributed by atoms with Crippen LogP contribution in [0.15, 0.2) is 29.3 Å². The largest absolute Gasteiger partial charge is 0.480 e. The number of esters is 1. The number of ether oxygens (including phenoxy) is 1. The topological polar surface area (TPSA) is 251 Å². The molecule has 3 atom stereocenters. The number of amides is 2. The third kappa shape index (κ3) is 8.96. The number of carbonyl (C=O) groups is 5. The molecule has 1 unspecified atom stereocenters. The first kappa shape index (κ1) is 29.9. The van der Waals surface area contributed by atoms with E-state index in [1.807, 2.05) is 0 Å². The number of carboxylic acids is 2. The van der Waals surface area contributed by atoms with E-state index in [0.29, 0.717) is 5.69 Å². The third-order valence-corrected chi connectivity index (χ3v) is 6.13. The first-order valence-corrected chi connectivity index (χ1v) is 12.0. The highest BCUT2D eigenvalue weighted by atomic mass is 32.2. The molecule has 0 spiro atoms. The van der Waals surface area contributed by atoms with Gasteiger partial charge in [0.1, 0.15) is 24.0 Å². The third-order valence-electron chi connectivity index (χ3n) is 4.86. The van der Waals surface area contributed by atoms with Crippen molar-refractivity contribution in [2.75, 3.05) is 19.4 Å². The number of aromatic nitrogens is 5. The van der Waals surface area contributed by atoms with Gasteiger partial charge in [0.2, 0.25) is 11.8 Å². The number of thioether (sulfide) groups is 1. The number of nitrogens with one attached hydrogen (secondary N) is 2. The second-order valence-corrected chi connectivity index (χ2v) is 8.82. The Hall–Kier alpha value is -4.32. The van der Waals surface area contributed by atoms with Crippen LogP contribution in [0.1, 0.15) is 24.6 Å². The van der Waals surface area contributed by atoms with Gasteiger partial charge in [0, 0.05) is 18.4 Å². The first-order valence-electron chi connectivity index (χ1n) is 10.9. The number of nitrogens with zero attached hydrogens (tertiary/aromatic N) is 5. The number of methoxy groups -OCH3 is 1. The van der Waals surface area contributed by atoms with Crippen LogP contribution in [0.5, 0.6) is 0 Å². The zero-order valence-electron chi connectivity index (χ0n) is 20.1. The zero-order valence-corrected chi connectivity index (χ0v) is 20.9. The molecule has 0 aliphatic rings. The summed E-state index contributed by atoms with van der Waals surface area (Å²) in [5.74, 6) is -5.16. The van der Waals surface area contributed by atoms with Crippen molar-refractivity contribution >= 4 is 41.5 Å². The minimum Gasteiger partial charge on any atom is -0.480 e. The van der Waals surface area contributed by atoms with Crippen LogP contribution in [0.3, 0.4) is 0 Å². The lowest BCUT2D eigenvalue weighted by molar-refractivity contribution is -0.141. The number of pyridine rings is 1. The van der Waals surface area contributed by atoms with Gasteiger partial charge in [0.05, 0.1) is 25.4 Å². The molecule has 2 amide bonds. The van der Waals surface area contributed by atoms with Gasteiger partial charge < -0.3 is 31.3 Å². The normalized spacial score (nSPS) is 13.1. The minimum absolute atomic E-state index is 0.213. The van der Waals surface area contributed by atoms with Gasteiger partial charge in [-0.15, -0.1) is 11.8 Å². The van der Waals surface area contributed by atoms with Gasteiger partial charge in [0.25, 0.3) is 0 Å². The standard InChI is InChI=1S/C20H26N8O9S/c1-37-17(32)7-15(28-20(36)27(25-26-28)11-3-2-6-22-8-11)38-10-13(18(33)23-9-16(30)31)24-14(29)5-4-12(21)19(34)35/h2-3,6,8,12-13,15H,4-5,7,9-10,21H2,1H3,(H,23,33)(H,24,29)(H,30,31)(H,34,35)/t12-,13-,15?/m0/s1. The van der Waals surface area contributed by atoms with Crippen molar-refractivity contribution in [3.05, 3.63) is 35.0 Å². The fraction of sp³-hybridized carbons (Fsp3) is 0.450. The summed E-state index contributed by atoms with van der Waals surface area (Å²) < 4.78 is 6.53. The molecule has 0 aliphatic heterocycles. The Morgan fingerprint density at radius 2 is 1.95 bits per heavy atom. The zero-order chi connectivity index (χ0) is 28.2. The fourth-order valence-corrected chi connectivity index (χ4v) is 4.05. The van der Waals surface area contributed by atoms with Crippen LogP contribution in [0.4, 0.5) is 0 Å². The molecule has 2 heterocycles. The average Bonchev–Trinajstić information content (AvgIpc) is 3.28. The van der Waals surface area contributed by atoms with Gasteiger partial charge in [-0.25, -0.2) is 4.79 Å². The smallest absolute Gasteiger partial charge is 0.369 e. The van der Waals surface area contributed by atoms with Gasteiger partial charge in [-0.2, -0.15) is 9.36 Å². The van der Waals surface area contributed by atoms with Crippen molar-refractivity contribution in [3.63, 3.8) is 0 Å². The summed E-state index contributed by atoms with van der Waals surface area (Å²) in [6, 6.07) is 0.517. The van der Waals surface area contributed by atoms with Crippen molar-refractivity contribution in [1.82, 2.24) is 35.4 Å². The van der Waals surface area contributed by atoms with E-state index in [2.05, 4.69) is 30.8 Å². The van der Waals surface area contributed by atoms with Gasteiger partial charge in [-0.05, 0) is 29.0 Å². The fourth-order valence-electron chi connectivity index (χ4n) is 2.87. The molecule has 0 bridgehead atoms. The molecule has 206 valence electrons. The molecule has 0 aliphatic carbocycles. The maximum Gasteiger partial charge on any atom is 0.369 e. The monoisotopic (exact) mass is 554 g/mol. The molecular formula is C20H26N8O9S. The number of hydrogen-bond acceptors (Lipinski definition) is 12. The van der Waals surface area contributed by atoms with Crippen molar-refractivity contribution < 1.29 is 38.9 Å². The Balaban J connectivity index is 2.23. The SMILES string of the molecule is COC(=O)CC(SC[C@H](NC(=O)CC[C@H](N)C(=O)O)C(=O)NCC(=O)O)n1nnn(-c2cccnc2)c1=O. The number of hydrogen-bond donors (Lipinski definition) is 5. The maximum absolute atomic E-state index is 13.0. The van der Waals surface area contributed by atoms with E-state index in [-0.39, 0.29) is 25.0 Å². The molecule has 38 heavy (non-hydrogen) atoms. The van der Waals surface area contributed by atoms with E-state index in [1.165, 1.54) is 12.4 Å². The summed E-state index contributed by atoms with van der Waals surface area (Å²) >= 11 is 0.872. The summed E-state index contributed by atoms with van der Waals surface area (Å²) in [6.45, 7) is -0.732. The predicted octanol–water partition coefficient (Wildman–Crippen LogP) is -2.50. The molecule has 0 fully saturated rings. The van der Waals surface area contributed by atoms with Gasteiger partial charge in [-0.1, -0.05) is 0 Å². The highest BCUT2D eigenvalue weighted by Crippen LogP contribution is 2.26. The second kappa shape index (κ2) is 14.4. The van der Waals surface area contributed by atoms with Crippen LogP contribution in [-0.2, 0) is 28.7 Å². The first-order chi connectivity index (χ1) is 18.0. The van der Waals surface area contributed by atoms with Crippen LogP contribution < -0.4 is 22.1 Å². The number of rotatable bonds is 15. The van der Waals surface area contributed by atoms with Crippen LogP contribution >= 0.6 is 11.8 Å². The van der Waals surface area contributed by atoms with E-state index in [1.54, 1.807) is 12.1 Å². The molecule has 18 heteroatoms. The molecule has 6 N–H and O–H groups in total. The Morgan fingerprint density at radius 1 is 1.21 bits per heavy atom. The molecule has 0 saturated heterocycles. The van der Waals surface area contributed by atoms with E-state index in [9.17, 15) is 28.8 Å². The predicted molar refractivity (Wildman–Crippen MR) is 129 cm³/mol. The molecule has 2 aromatic rings. The molecule has 17 nitrogen and oxygen atoms in total.